The molecular formula is C24H36F2. The summed E-state index contributed by atoms with van der Waals surface area (Å²) in [6.07, 6.45) is 15.6. The molecule has 0 saturated heterocycles. The molecule has 2 aliphatic carbocycles. The van der Waals surface area contributed by atoms with Crippen molar-refractivity contribution in [2.75, 3.05) is 0 Å². The highest BCUT2D eigenvalue weighted by atomic mass is 19.2. The minimum absolute atomic E-state index is 0.568. The van der Waals surface area contributed by atoms with E-state index in [0.717, 1.165) is 29.7 Å². The summed E-state index contributed by atoms with van der Waals surface area (Å²) in [4.78, 5) is 0. The predicted octanol–water partition coefficient (Wildman–Crippen LogP) is 7.62. The summed E-state index contributed by atoms with van der Waals surface area (Å²) in [7, 11) is 0. The van der Waals surface area contributed by atoms with Crippen LogP contribution in [0.1, 0.15) is 88.7 Å². The zero-order valence-corrected chi connectivity index (χ0v) is 16.7. The van der Waals surface area contributed by atoms with Gasteiger partial charge < -0.3 is 0 Å². The molecule has 2 heteroatoms. The second-order valence-electron chi connectivity index (χ2n) is 9.11. The Bertz CT molecular complexity index is 564. The van der Waals surface area contributed by atoms with Crippen LogP contribution in [0.5, 0.6) is 0 Å². The first-order valence-electron chi connectivity index (χ1n) is 11.0. The summed E-state index contributed by atoms with van der Waals surface area (Å²) in [5.41, 5.74) is 1.39. The lowest BCUT2D eigenvalue weighted by atomic mass is 9.68. The van der Waals surface area contributed by atoms with Gasteiger partial charge in [0.25, 0.3) is 0 Å². The number of halogens is 2. The Balaban J connectivity index is 1.42. The molecule has 0 nitrogen and oxygen atoms in total. The minimum atomic E-state index is -0.692. The smallest absolute Gasteiger partial charge is 0.162 e. The number of hydrogen-bond acceptors (Lipinski definition) is 0. The molecule has 0 heterocycles. The molecule has 2 saturated carbocycles. The second kappa shape index (κ2) is 9.33. The quantitative estimate of drug-likeness (QED) is 0.488. The average molecular weight is 363 g/mol. The SMILES string of the molecule is CCCC1CCC(C2CCC(CCc3cc(C)cc(F)c3F)CC2)CC1. The second-order valence-corrected chi connectivity index (χ2v) is 9.11. The Hall–Kier alpha value is -0.920. The van der Waals surface area contributed by atoms with Crippen molar-refractivity contribution in [1.82, 2.24) is 0 Å². The molecule has 0 radical (unpaired) electrons. The Labute approximate surface area is 158 Å². The maximum atomic E-state index is 14.0. The lowest BCUT2D eigenvalue weighted by Crippen LogP contribution is -2.26. The number of benzene rings is 1. The molecule has 2 fully saturated rings. The third kappa shape index (κ3) is 5.08. The summed E-state index contributed by atoms with van der Waals surface area (Å²) >= 11 is 0. The van der Waals surface area contributed by atoms with Crippen LogP contribution in [0.3, 0.4) is 0 Å². The third-order valence-electron chi connectivity index (χ3n) is 7.22. The van der Waals surface area contributed by atoms with Gasteiger partial charge in [-0.05, 0) is 86.3 Å². The van der Waals surface area contributed by atoms with Crippen LogP contribution in [-0.2, 0) is 6.42 Å². The summed E-state index contributed by atoms with van der Waals surface area (Å²) in [5.74, 6) is 2.27. The number of aryl methyl sites for hydroxylation is 2. The van der Waals surface area contributed by atoms with Crippen molar-refractivity contribution in [3.63, 3.8) is 0 Å². The van der Waals surface area contributed by atoms with E-state index in [2.05, 4.69) is 6.92 Å². The number of hydrogen-bond donors (Lipinski definition) is 0. The van der Waals surface area contributed by atoms with E-state index in [0.29, 0.717) is 17.9 Å². The van der Waals surface area contributed by atoms with Gasteiger partial charge >= 0.3 is 0 Å². The van der Waals surface area contributed by atoms with Crippen LogP contribution in [0.15, 0.2) is 12.1 Å². The van der Waals surface area contributed by atoms with Crippen LogP contribution in [0, 0.1) is 42.2 Å². The van der Waals surface area contributed by atoms with Gasteiger partial charge in [0.1, 0.15) is 0 Å². The van der Waals surface area contributed by atoms with E-state index in [4.69, 9.17) is 0 Å². The Morgan fingerprint density at radius 3 is 1.88 bits per heavy atom. The summed E-state index contributed by atoms with van der Waals surface area (Å²) < 4.78 is 27.5. The van der Waals surface area contributed by atoms with Gasteiger partial charge in [-0.2, -0.15) is 0 Å². The van der Waals surface area contributed by atoms with Gasteiger partial charge in [-0.25, -0.2) is 8.78 Å². The first-order valence-corrected chi connectivity index (χ1v) is 11.0. The molecule has 0 spiro atoms. The lowest BCUT2D eigenvalue weighted by molar-refractivity contribution is 0.141. The van der Waals surface area contributed by atoms with Crippen molar-refractivity contribution in [2.24, 2.45) is 23.7 Å². The van der Waals surface area contributed by atoms with Gasteiger partial charge in [-0.15, -0.1) is 0 Å². The molecule has 0 bridgehead atoms. The molecule has 0 aliphatic heterocycles. The maximum absolute atomic E-state index is 14.0. The lowest BCUT2D eigenvalue weighted by Gasteiger charge is -2.38. The molecule has 0 aromatic heterocycles. The van der Waals surface area contributed by atoms with E-state index in [-0.39, 0.29) is 0 Å². The van der Waals surface area contributed by atoms with Crippen molar-refractivity contribution in [2.45, 2.75) is 90.9 Å². The molecular weight excluding hydrogens is 326 g/mol. The first kappa shape index (κ1) is 19.8. The predicted molar refractivity (Wildman–Crippen MR) is 105 cm³/mol. The number of rotatable bonds is 6. The van der Waals surface area contributed by atoms with Crippen molar-refractivity contribution in [3.05, 3.63) is 34.9 Å². The normalized spacial score (nSPS) is 29.7. The standard InChI is InChI=1S/C24H36F2/c1-3-4-18-5-10-20(11-6-18)21-12-7-19(8-13-21)9-14-22-15-17(2)16-23(25)24(22)26/h15-16,18-21H,3-14H2,1-2H3. The molecule has 1 aromatic carbocycles. The van der Waals surface area contributed by atoms with E-state index in [1.165, 1.54) is 70.3 Å². The molecule has 146 valence electrons. The highest BCUT2D eigenvalue weighted by molar-refractivity contribution is 5.25. The Morgan fingerprint density at radius 2 is 1.35 bits per heavy atom. The molecule has 26 heavy (non-hydrogen) atoms. The molecule has 0 N–H and O–H groups in total. The van der Waals surface area contributed by atoms with Crippen LogP contribution < -0.4 is 0 Å². The zero-order chi connectivity index (χ0) is 18.5. The van der Waals surface area contributed by atoms with Crippen molar-refractivity contribution in [3.8, 4) is 0 Å². The third-order valence-corrected chi connectivity index (χ3v) is 7.22. The Morgan fingerprint density at radius 1 is 0.808 bits per heavy atom. The largest absolute Gasteiger partial charge is 0.204 e. The van der Waals surface area contributed by atoms with Gasteiger partial charge in [-0.3, -0.25) is 0 Å². The maximum Gasteiger partial charge on any atom is 0.162 e. The topological polar surface area (TPSA) is 0 Å². The fraction of sp³-hybridized carbons (Fsp3) is 0.750. The van der Waals surface area contributed by atoms with Crippen molar-refractivity contribution < 1.29 is 8.78 Å². The van der Waals surface area contributed by atoms with E-state index in [9.17, 15) is 8.78 Å². The van der Waals surface area contributed by atoms with Gasteiger partial charge in [0.2, 0.25) is 0 Å². The van der Waals surface area contributed by atoms with Gasteiger partial charge in [0.15, 0.2) is 11.6 Å². The highest BCUT2D eigenvalue weighted by Crippen LogP contribution is 2.43. The Kier molecular flexibility index (Phi) is 7.12. The molecule has 0 unspecified atom stereocenters. The minimum Gasteiger partial charge on any atom is -0.204 e. The van der Waals surface area contributed by atoms with E-state index < -0.39 is 11.6 Å². The summed E-state index contributed by atoms with van der Waals surface area (Å²) in [6, 6.07) is 3.11. The molecule has 1 aromatic rings. The summed E-state index contributed by atoms with van der Waals surface area (Å²) in [5, 5.41) is 0. The summed E-state index contributed by atoms with van der Waals surface area (Å²) in [6.45, 7) is 4.15. The fourth-order valence-electron chi connectivity index (χ4n) is 5.64. The zero-order valence-electron chi connectivity index (χ0n) is 16.7. The van der Waals surface area contributed by atoms with Crippen molar-refractivity contribution in [1.29, 1.82) is 0 Å². The fourth-order valence-corrected chi connectivity index (χ4v) is 5.64. The monoisotopic (exact) mass is 362 g/mol. The van der Waals surface area contributed by atoms with E-state index in [1.54, 1.807) is 0 Å². The van der Waals surface area contributed by atoms with Crippen LogP contribution in [0.2, 0.25) is 0 Å². The molecule has 2 aliphatic rings. The van der Waals surface area contributed by atoms with Gasteiger partial charge in [-0.1, -0.05) is 51.5 Å². The van der Waals surface area contributed by atoms with Crippen molar-refractivity contribution >= 4 is 0 Å². The van der Waals surface area contributed by atoms with Crippen LogP contribution in [0.4, 0.5) is 8.78 Å². The highest BCUT2D eigenvalue weighted by Gasteiger charge is 2.30. The van der Waals surface area contributed by atoms with Crippen LogP contribution in [0.25, 0.3) is 0 Å². The molecule has 0 atom stereocenters. The van der Waals surface area contributed by atoms with Crippen LogP contribution in [-0.4, -0.2) is 0 Å². The van der Waals surface area contributed by atoms with Gasteiger partial charge in [0, 0.05) is 0 Å². The van der Waals surface area contributed by atoms with E-state index >= 15 is 0 Å². The first-order chi connectivity index (χ1) is 12.6. The van der Waals surface area contributed by atoms with E-state index in [1.807, 2.05) is 13.0 Å². The average Bonchev–Trinajstić information content (AvgIpc) is 2.65. The molecule has 3 rings (SSSR count). The van der Waals surface area contributed by atoms with Crippen LogP contribution >= 0.6 is 0 Å². The molecule has 0 amide bonds. The van der Waals surface area contributed by atoms with Gasteiger partial charge in [0.05, 0.1) is 0 Å².